The van der Waals surface area contributed by atoms with E-state index in [0.29, 0.717) is 28.2 Å². The van der Waals surface area contributed by atoms with Crippen LogP contribution in [0.5, 0.6) is 11.5 Å². The topological polar surface area (TPSA) is 131 Å². The molecule has 10 heteroatoms. The number of rotatable bonds is 6. The second-order valence-electron chi connectivity index (χ2n) is 7.22. The van der Waals surface area contributed by atoms with E-state index in [-0.39, 0.29) is 18.3 Å². The fourth-order valence-electron chi connectivity index (χ4n) is 3.48. The van der Waals surface area contributed by atoms with E-state index < -0.39 is 17.5 Å². The predicted molar refractivity (Wildman–Crippen MR) is 110 cm³/mol. The lowest BCUT2D eigenvalue weighted by Crippen LogP contribution is -2.40. The number of amides is 3. The van der Waals surface area contributed by atoms with Gasteiger partial charge in [-0.25, -0.2) is 4.79 Å². The van der Waals surface area contributed by atoms with Crippen LogP contribution in [-0.4, -0.2) is 41.2 Å². The molecule has 1 aromatic heterocycles. The van der Waals surface area contributed by atoms with Crippen LogP contribution in [0, 0.1) is 11.3 Å². The van der Waals surface area contributed by atoms with Gasteiger partial charge in [0.05, 0.1) is 31.4 Å². The molecule has 4 rings (SSSR count). The van der Waals surface area contributed by atoms with Gasteiger partial charge in [0.2, 0.25) is 11.7 Å². The van der Waals surface area contributed by atoms with Crippen molar-refractivity contribution in [1.29, 1.82) is 5.26 Å². The summed E-state index contributed by atoms with van der Waals surface area (Å²) in [5, 5.41) is 15.8. The van der Waals surface area contributed by atoms with Gasteiger partial charge in [0.25, 0.3) is 5.91 Å². The molecule has 1 unspecified atom stereocenters. The zero-order valence-corrected chi connectivity index (χ0v) is 17.6. The maximum absolute atomic E-state index is 13.1. The Morgan fingerprint density at radius 1 is 1.19 bits per heavy atom. The van der Waals surface area contributed by atoms with Gasteiger partial charge in [-0.2, -0.15) is 10.2 Å². The second kappa shape index (κ2) is 8.03. The van der Waals surface area contributed by atoms with E-state index in [4.69, 9.17) is 19.3 Å². The molecule has 0 radical (unpaired) electrons. The van der Waals surface area contributed by atoms with Gasteiger partial charge < -0.3 is 19.3 Å². The van der Waals surface area contributed by atoms with E-state index in [1.54, 1.807) is 56.5 Å². The van der Waals surface area contributed by atoms with E-state index in [1.165, 1.54) is 7.11 Å². The van der Waals surface area contributed by atoms with Crippen molar-refractivity contribution in [2.24, 2.45) is 0 Å². The number of benzene rings is 2. The lowest BCUT2D eigenvalue weighted by Gasteiger charge is -2.22. The quantitative estimate of drug-likeness (QED) is 0.587. The van der Waals surface area contributed by atoms with Gasteiger partial charge in [0, 0.05) is 6.07 Å². The van der Waals surface area contributed by atoms with Crippen LogP contribution >= 0.6 is 0 Å². The van der Waals surface area contributed by atoms with Crippen molar-refractivity contribution < 1.29 is 23.6 Å². The molecule has 1 aliphatic heterocycles. The number of hydrogen-bond acceptors (Lipinski definition) is 8. The highest BCUT2D eigenvalue weighted by Gasteiger charge is 2.49. The molecular formula is C22H19N5O5. The largest absolute Gasteiger partial charge is 0.497 e. The molecule has 0 spiro atoms. The van der Waals surface area contributed by atoms with Crippen LogP contribution in [0.1, 0.15) is 23.9 Å². The monoisotopic (exact) mass is 433 g/mol. The molecule has 1 atom stereocenters. The molecule has 3 amide bonds. The number of aromatic nitrogens is 2. The SMILES string of the molecule is COc1ccc(-c2noc(CN3C(=O)NC(C)(c4cccc(C#N)c4)C3=O)n2)c(OC)c1. The van der Waals surface area contributed by atoms with Gasteiger partial charge >= 0.3 is 6.03 Å². The van der Waals surface area contributed by atoms with E-state index >= 15 is 0 Å². The van der Waals surface area contributed by atoms with Crippen LogP contribution in [0.15, 0.2) is 47.0 Å². The predicted octanol–water partition coefficient (Wildman–Crippen LogP) is 2.59. The Kier molecular flexibility index (Phi) is 5.24. The molecule has 3 aromatic rings. The van der Waals surface area contributed by atoms with Crippen LogP contribution in [0.2, 0.25) is 0 Å². The Morgan fingerprint density at radius 3 is 2.72 bits per heavy atom. The Hall–Kier alpha value is -4.39. The minimum absolute atomic E-state index is 0.0800. The highest BCUT2D eigenvalue weighted by molar-refractivity contribution is 6.07. The summed E-state index contributed by atoms with van der Waals surface area (Å²) in [6.07, 6.45) is 0. The van der Waals surface area contributed by atoms with Gasteiger partial charge in [-0.15, -0.1) is 0 Å². The molecule has 2 heterocycles. The summed E-state index contributed by atoms with van der Waals surface area (Å²) in [6.45, 7) is 1.38. The Balaban J connectivity index is 1.58. The number of imide groups is 1. The van der Waals surface area contributed by atoms with Crippen molar-refractivity contribution in [2.75, 3.05) is 14.2 Å². The van der Waals surface area contributed by atoms with Crippen molar-refractivity contribution in [1.82, 2.24) is 20.4 Å². The van der Waals surface area contributed by atoms with Crippen LogP contribution < -0.4 is 14.8 Å². The Bertz CT molecular complexity index is 1250. The summed E-state index contributed by atoms with van der Waals surface area (Å²) in [4.78, 5) is 31.0. The van der Waals surface area contributed by atoms with Crippen molar-refractivity contribution in [2.45, 2.75) is 19.0 Å². The van der Waals surface area contributed by atoms with Gasteiger partial charge in [0.1, 0.15) is 23.6 Å². The first kappa shape index (κ1) is 20.9. The third-order valence-corrected chi connectivity index (χ3v) is 5.26. The zero-order valence-electron chi connectivity index (χ0n) is 17.6. The third-order valence-electron chi connectivity index (χ3n) is 5.26. The summed E-state index contributed by atoms with van der Waals surface area (Å²) >= 11 is 0. The molecule has 0 bridgehead atoms. The van der Waals surface area contributed by atoms with E-state index in [9.17, 15) is 9.59 Å². The summed E-state index contributed by atoms with van der Waals surface area (Å²) in [7, 11) is 3.05. The molecule has 0 saturated carbocycles. The lowest BCUT2D eigenvalue weighted by molar-refractivity contribution is -0.131. The molecule has 2 aromatic carbocycles. The highest BCUT2D eigenvalue weighted by atomic mass is 16.5. The van der Waals surface area contributed by atoms with Gasteiger partial charge in [-0.3, -0.25) is 9.69 Å². The number of methoxy groups -OCH3 is 2. The third kappa shape index (κ3) is 3.50. The van der Waals surface area contributed by atoms with Crippen molar-refractivity contribution in [3.05, 3.63) is 59.5 Å². The minimum Gasteiger partial charge on any atom is -0.497 e. The van der Waals surface area contributed by atoms with Crippen molar-refractivity contribution in [3.63, 3.8) is 0 Å². The first-order valence-corrected chi connectivity index (χ1v) is 9.59. The van der Waals surface area contributed by atoms with Crippen LogP contribution in [0.3, 0.4) is 0 Å². The number of carbonyl (C=O) groups excluding carboxylic acids is 2. The van der Waals surface area contributed by atoms with Crippen LogP contribution in [0.4, 0.5) is 4.79 Å². The molecule has 1 aliphatic rings. The molecule has 10 nitrogen and oxygen atoms in total. The van der Waals surface area contributed by atoms with Gasteiger partial charge in [0.15, 0.2) is 0 Å². The molecule has 1 saturated heterocycles. The maximum Gasteiger partial charge on any atom is 0.325 e. The Labute approximate surface area is 183 Å². The zero-order chi connectivity index (χ0) is 22.9. The van der Waals surface area contributed by atoms with Gasteiger partial charge in [-0.1, -0.05) is 17.3 Å². The fourth-order valence-corrected chi connectivity index (χ4v) is 3.48. The van der Waals surface area contributed by atoms with E-state index in [2.05, 4.69) is 15.5 Å². The molecule has 0 aliphatic carbocycles. The van der Waals surface area contributed by atoms with Crippen LogP contribution in [0.25, 0.3) is 11.4 Å². The summed E-state index contributed by atoms with van der Waals surface area (Å²) in [5.74, 6) is 0.928. The standard InChI is InChI=1S/C22H19N5O5/c1-22(14-6-4-5-13(9-14)11-23)20(28)27(21(29)25-22)12-18-24-19(26-32-18)16-8-7-15(30-2)10-17(16)31-3/h4-10H,12H2,1-3H3,(H,25,29). The molecule has 162 valence electrons. The molecule has 32 heavy (non-hydrogen) atoms. The summed E-state index contributed by atoms with van der Waals surface area (Å²) in [5.41, 5.74) is 0.149. The number of urea groups is 1. The molecule has 1 fully saturated rings. The van der Waals surface area contributed by atoms with E-state index in [1.807, 2.05) is 6.07 Å². The maximum atomic E-state index is 13.1. The number of nitrogens with one attached hydrogen (secondary N) is 1. The first-order valence-electron chi connectivity index (χ1n) is 9.59. The normalized spacial score (nSPS) is 17.8. The fraction of sp³-hybridized carbons (Fsp3) is 0.227. The highest BCUT2D eigenvalue weighted by Crippen LogP contribution is 2.33. The average molecular weight is 433 g/mol. The first-order chi connectivity index (χ1) is 15.4. The van der Waals surface area contributed by atoms with Gasteiger partial charge in [-0.05, 0) is 36.8 Å². The number of carbonyl (C=O) groups is 2. The molecular weight excluding hydrogens is 414 g/mol. The Morgan fingerprint density at radius 2 is 2.00 bits per heavy atom. The van der Waals surface area contributed by atoms with Crippen molar-refractivity contribution >= 4 is 11.9 Å². The summed E-state index contributed by atoms with van der Waals surface area (Å²) < 4.78 is 15.8. The average Bonchev–Trinajstić information content (AvgIpc) is 3.37. The number of ether oxygens (including phenoxy) is 2. The van der Waals surface area contributed by atoms with E-state index in [0.717, 1.165) is 4.90 Å². The molecule has 1 N–H and O–H groups in total. The minimum atomic E-state index is -1.31. The number of nitriles is 1. The summed E-state index contributed by atoms with van der Waals surface area (Å²) in [6, 6.07) is 13.1. The lowest BCUT2D eigenvalue weighted by atomic mass is 9.91. The number of hydrogen-bond donors (Lipinski definition) is 1. The van der Waals surface area contributed by atoms with Crippen LogP contribution in [-0.2, 0) is 16.9 Å². The van der Waals surface area contributed by atoms with Crippen molar-refractivity contribution in [3.8, 4) is 29.0 Å². The second-order valence-corrected chi connectivity index (χ2v) is 7.22. The number of nitrogens with zero attached hydrogens (tertiary/aromatic N) is 4. The smallest absolute Gasteiger partial charge is 0.325 e.